The Hall–Kier alpha value is 19.7. The van der Waals surface area contributed by atoms with Crippen LogP contribution >= 0.6 is 0 Å². The Morgan fingerprint density at radius 3 is 0.258 bits per heavy atom. The average Bonchev–Trinajstić information content (AvgIpc) is 0. The van der Waals surface area contributed by atoms with Gasteiger partial charge in [-0.3, -0.25) is 0 Å². The van der Waals surface area contributed by atoms with Gasteiger partial charge in [-0.05, 0) is 0 Å². The SMILES string of the molecule is [Ba+2].[Ba+2].[Be+2].[Be+2].[BeH2].[Br-].[Br-].[Br-].[Br-].[Br-].[Br-].[Br-].[Br-].[Ca+2].[Ca+2].[Ca+2].[Cl-].[Cl-].[Cl-].[Cl-].[Cl-].[Cl-].[I-].[I-].[I-].[I-].[I-].[I-].[Mg+2].[Mg+2].[Mg+2]. The van der Waals surface area contributed by atoms with E-state index in [9.17, 15) is 0 Å². The molecule has 0 saturated carbocycles. The number of rotatable bonds is 0. The van der Waals surface area contributed by atoms with Gasteiger partial charge in [0.1, 0.15) is 0 Å². The molecule has 0 heterocycles. The molecule has 0 rings (SSSR count). The van der Waals surface area contributed by atoms with Crippen LogP contribution < -0.4 is 354 Å². The molecule has 0 amide bonds. The van der Waals surface area contributed by atoms with Crippen molar-refractivity contribution in [2.45, 2.75) is 0 Å². The molecule has 0 spiro atoms. The molecule has 0 nitrogen and oxygen atoms in total. The van der Waals surface area contributed by atoms with Crippen molar-refractivity contribution in [2.24, 2.45) is 0 Å². The Morgan fingerprint density at radius 2 is 0.258 bits per heavy atom. The smallest absolute Gasteiger partial charge is 1.00 e. The zero-order valence-electron chi connectivity index (χ0n) is 14.6. The zero-order valence-corrected chi connectivity index (χ0v) is 64.5. The maximum atomic E-state index is 0. The first kappa shape index (κ1) is 323. The third-order valence-electron chi connectivity index (χ3n) is 0. The van der Waals surface area contributed by atoms with Gasteiger partial charge in [0.2, 0.25) is 0 Å². The van der Waals surface area contributed by atoms with Crippen LogP contribution in [0.3, 0.4) is 0 Å². The maximum absolute atomic E-state index is 0. The zero-order chi connectivity index (χ0) is 0. The van der Waals surface area contributed by atoms with E-state index in [0.29, 0.717) is 0 Å². The third-order valence-corrected chi connectivity index (χ3v) is 0. The van der Waals surface area contributed by atoms with E-state index in [1.807, 2.05) is 0 Å². The molecule has 0 aliphatic heterocycles. The Morgan fingerprint density at radius 1 is 0.258 bits per heavy atom. The van der Waals surface area contributed by atoms with Gasteiger partial charge in [-0.1, -0.05) is 0 Å². The van der Waals surface area contributed by atoms with Crippen LogP contribution in [0.15, 0.2) is 0 Å². The van der Waals surface area contributed by atoms with Crippen molar-refractivity contribution < 1.29 is 354 Å². The molecule has 0 aromatic rings. The molecule has 0 aliphatic rings. The van der Waals surface area contributed by atoms with E-state index in [1.165, 1.54) is 0 Å². The summed E-state index contributed by atoms with van der Waals surface area (Å²) in [7, 11) is 0. The van der Waals surface area contributed by atoms with Crippen LogP contribution in [0.25, 0.3) is 0 Å². The molecule has 0 saturated heterocycles. The van der Waals surface area contributed by atoms with Crippen molar-refractivity contribution in [1.82, 2.24) is 0 Å². The topological polar surface area (TPSA) is 0 Å². The molecule has 31 heavy (non-hydrogen) atoms. The quantitative estimate of drug-likeness (QED) is 0.168. The van der Waals surface area contributed by atoms with Crippen LogP contribution in [0.4, 0.5) is 0 Å². The summed E-state index contributed by atoms with van der Waals surface area (Å²) in [5.41, 5.74) is 0. The minimum atomic E-state index is 0. The summed E-state index contributed by atoms with van der Waals surface area (Å²) in [5, 5.41) is 0. The second-order valence-electron chi connectivity index (χ2n) is 0. The van der Waals surface area contributed by atoms with Crippen molar-refractivity contribution in [3.8, 4) is 0 Å². The molecule has 0 unspecified atom stereocenters. The van der Waals surface area contributed by atoms with Crippen molar-refractivity contribution >= 4 is 310 Å². The van der Waals surface area contributed by atoms with Crippen molar-refractivity contribution in [2.75, 3.05) is 0 Å². The number of hydrogen-bond donors (Lipinski definition) is 0. The summed E-state index contributed by atoms with van der Waals surface area (Å²) in [5.74, 6) is 0. The molecule has 0 fully saturated rings. The summed E-state index contributed by atoms with van der Waals surface area (Å²) < 4.78 is 0. The second-order valence-corrected chi connectivity index (χ2v) is 0. The van der Waals surface area contributed by atoms with E-state index in [-0.39, 0.29) is 665 Å². The standard InChI is InChI=1S/2Ba.3Be.8BrH.3Ca.6ClH.6HI.3Mg.2H/h;;;;;8*1H;;;;12*1H;;;;;/q2*+2;;2*+2;;;;;;;;;3*+2;;;;;;;;;;;;;3*+2;;/p-20. The monoisotopic (exact) mass is 2100 g/mol. The van der Waals surface area contributed by atoms with Gasteiger partial charge in [0.15, 0.2) is 0 Å². The normalized spacial score (nSPS) is 0. The predicted molar refractivity (Wildman–Crippen MR) is 66.1 cm³/mol. The minimum absolute atomic E-state index is 0. The molecule has 0 radical (unpaired) electrons. The molecule has 0 N–H and O–H groups in total. The van der Waals surface area contributed by atoms with Crippen LogP contribution in [0.2, 0.25) is 0 Å². The molecular formula is H2Ba2Be3Br8Ca3Cl6I6Mg3. The molecule has 0 aromatic heterocycles. The van der Waals surface area contributed by atoms with Crippen LogP contribution in [-0.2, 0) is 0 Å². The largest absolute Gasteiger partial charge is 2.00 e. The van der Waals surface area contributed by atoms with E-state index < -0.39 is 0 Å². The molecule has 0 atom stereocenters. The minimum Gasteiger partial charge on any atom is -1.00 e. The van der Waals surface area contributed by atoms with Crippen LogP contribution in [0, 0.1) is 0 Å². The molecule has 164 valence electrons. The van der Waals surface area contributed by atoms with E-state index in [4.69, 9.17) is 0 Å². The van der Waals surface area contributed by atoms with E-state index in [1.54, 1.807) is 0 Å². The third kappa shape index (κ3) is 292. The van der Waals surface area contributed by atoms with Gasteiger partial charge in [-0.2, -0.15) is 0 Å². The molecule has 0 aliphatic carbocycles. The first-order valence-corrected chi connectivity index (χ1v) is 0. The molecule has 0 bridgehead atoms. The van der Waals surface area contributed by atoms with E-state index >= 15 is 0 Å². The Bertz CT molecular complexity index is 82.3. The molecule has 31 heteroatoms. The van der Waals surface area contributed by atoms with Gasteiger partial charge in [0.25, 0.3) is 0 Å². The van der Waals surface area contributed by atoms with Gasteiger partial charge in [0, 0.05) is 0 Å². The summed E-state index contributed by atoms with van der Waals surface area (Å²) >= 11 is 0. The number of halogens is 20. The molecule has 0 aromatic carbocycles. The van der Waals surface area contributed by atoms with Crippen LogP contribution in [0.1, 0.15) is 0 Å². The van der Waals surface area contributed by atoms with Crippen LogP contribution in [0.5, 0.6) is 0 Å². The number of hydrogen-bond acceptors (Lipinski definition) is 0. The summed E-state index contributed by atoms with van der Waals surface area (Å²) in [4.78, 5) is 0. The Labute approximate surface area is 643 Å². The van der Waals surface area contributed by atoms with Gasteiger partial charge in [0.05, 0.1) is 0 Å². The summed E-state index contributed by atoms with van der Waals surface area (Å²) in [6, 6.07) is 0. The van der Waals surface area contributed by atoms with Gasteiger partial charge in [-0.25, -0.2) is 0 Å². The van der Waals surface area contributed by atoms with Crippen molar-refractivity contribution in [3.63, 3.8) is 0 Å². The summed E-state index contributed by atoms with van der Waals surface area (Å²) in [6.07, 6.45) is 0. The fourth-order valence-corrected chi connectivity index (χ4v) is 0. The van der Waals surface area contributed by atoms with Crippen LogP contribution in [-0.4, -0.2) is 310 Å². The van der Waals surface area contributed by atoms with E-state index in [0.717, 1.165) is 0 Å². The Kier molecular flexibility index (Phi) is 3160. The average molecular weight is 2110 g/mol. The first-order valence-electron chi connectivity index (χ1n) is 0. The van der Waals surface area contributed by atoms with Gasteiger partial charge < -0.3 is 354 Å². The fourth-order valence-electron chi connectivity index (χ4n) is 0. The van der Waals surface area contributed by atoms with Gasteiger partial charge in [-0.15, -0.1) is 0 Å². The first-order chi connectivity index (χ1) is 0. The predicted octanol–water partition coefficient (Wildman–Crippen LogP) is -64.6. The fraction of sp³-hybridized carbons (Fsp3) is 0. The summed E-state index contributed by atoms with van der Waals surface area (Å²) in [6.45, 7) is 0. The van der Waals surface area contributed by atoms with Crippen molar-refractivity contribution in [3.05, 3.63) is 0 Å². The molecular weight excluding hydrogens is 2110 g/mol. The van der Waals surface area contributed by atoms with Crippen molar-refractivity contribution in [1.29, 1.82) is 0 Å². The second kappa shape index (κ2) is 304. The van der Waals surface area contributed by atoms with Gasteiger partial charge >= 0.3 is 310 Å². The Balaban J connectivity index is 0. The van der Waals surface area contributed by atoms with E-state index in [2.05, 4.69) is 0 Å². The maximum Gasteiger partial charge on any atom is 2.00 e.